The molecule has 5 nitrogen and oxygen atoms in total. The molecular weight excluding hydrogens is 302 g/mol. The van der Waals surface area contributed by atoms with Crippen LogP contribution in [0.5, 0.6) is 0 Å². The van der Waals surface area contributed by atoms with E-state index in [-0.39, 0.29) is 11.9 Å². The number of carbonyl (C=O) groups is 1. The summed E-state index contributed by atoms with van der Waals surface area (Å²) in [6.45, 7) is 0. The SMILES string of the molecule is CN(C(=O)c1cn[nH]c1-c1ccco1)C1CCc2ccccc2C1. The van der Waals surface area contributed by atoms with Crippen molar-refractivity contribution in [3.05, 3.63) is 65.5 Å². The van der Waals surface area contributed by atoms with Crippen LogP contribution >= 0.6 is 0 Å². The van der Waals surface area contributed by atoms with Crippen LogP contribution in [0.3, 0.4) is 0 Å². The summed E-state index contributed by atoms with van der Waals surface area (Å²) in [5.74, 6) is 0.595. The van der Waals surface area contributed by atoms with E-state index in [0.29, 0.717) is 17.0 Å². The van der Waals surface area contributed by atoms with Gasteiger partial charge in [0.15, 0.2) is 5.76 Å². The molecule has 1 atom stereocenters. The number of aromatic nitrogens is 2. The van der Waals surface area contributed by atoms with Crippen LogP contribution < -0.4 is 0 Å². The molecular formula is C19H19N3O2. The minimum absolute atomic E-state index is 0.0282. The number of aromatic amines is 1. The lowest BCUT2D eigenvalue weighted by atomic mass is 9.87. The Bertz CT molecular complexity index is 851. The lowest BCUT2D eigenvalue weighted by Crippen LogP contribution is -2.40. The van der Waals surface area contributed by atoms with Gasteiger partial charge in [-0.2, -0.15) is 5.10 Å². The normalized spacial score (nSPS) is 16.6. The van der Waals surface area contributed by atoms with Crippen molar-refractivity contribution in [2.24, 2.45) is 0 Å². The topological polar surface area (TPSA) is 62.1 Å². The average molecular weight is 321 g/mol. The number of hydrogen-bond donors (Lipinski definition) is 1. The summed E-state index contributed by atoms with van der Waals surface area (Å²) in [5.41, 5.74) is 3.92. The second-order valence-electron chi connectivity index (χ2n) is 6.22. The molecule has 2 heterocycles. The predicted molar refractivity (Wildman–Crippen MR) is 90.6 cm³/mol. The molecule has 1 aromatic carbocycles. The molecule has 0 saturated heterocycles. The second-order valence-corrected chi connectivity index (χ2v) is 6.22. The van der Waals surface area contributed by atoms with Gasteiger partial charge in [-0.25, -0.2) is 0 Å². The van der Waals surface area contributed by atoms with Crippen molar-refractivity contribution >= 4 is 5.91 Å². The Hall–Kier alpha value is -2.82. The van der Waals surface area contributed by atoms with Crippen molar-refractivity contribution in [3.63, 3.8) is 0 Å². The first-order valence-corrected chi connectivity index (χ1v) is 8.15. The molecule has 4 rings (SSSR count). The molecule has 1 aliphatic carbocycles. The van der Waals surface area contributed by atoms with Crippen LogP contribution in [0.2, 0.25) is 0 Å². The maximum absolute atomic E-state index is 13.0. The van der Waals surface area contributed by atoms with Crippen LogP contribution in [0.4, 0.5) is 0 Å². The van der Waals surface area contributed by atoms with Crippen molar-refractivity contribution in [3.8, 4) is 11.5 Å². The highest BCUT2D eigenvalue weighted by Crippen LogP contribution is 2.27. The monoisotopic (exact) mass is 321 g/mol. The Kier molecular flexibility index (Phi) is 3.69. The van der Waals surface area contributed by atoms with Gasteiger partial charge >= 0.3 is 0 Å². The summed E-state index contributed by atoms with van der Waals surface area (Å²) in [6.07, 6.45) is 6.05. The zero-order valence-electron chi connectivity index (χ0n) is 13.5. The molecule has 0 spiro atoms. The summed E-state index contributed by atoms with van der Waals surface area (Å²) in [6, 6.07) is 12.3. The predicted octanol–water partition coefficient (Wildman–Crippen LogP) is 3.30. The third-order valence-electron chi connectivity index (χ3n) is 4.83. The van der Waals surface area contributed by atoms with Gasteiger partial charge in [-0.3, -0.25) is 9.89 Å². The summed E-state index contributed by atoms with van der Waals surface area (Å²) < 4.78 is 5.40. The van der Waals surface area contributed by atoms with Crippen molar-refractivity contribution in [1.82, 2.24) is 15.1 Å². The van der Waals surface area contributed by atoms with Crippen LogP contribution in [0, 0.1) is 0 Å². The smallest absolute Gasteiger partial charge is 0.257 e. The molecule has 0 bridgehead atoms. The number of H-pyrrole nitrogens is 1. The van der Waals surface area contributed by atoms with Crippen LogP contribution in [-0.4, -0.2) is 34.1 Å². The highest BCUT2D eigenvalue weighted by molar-refractivity contribution is 5.99. The minimum atomic E-state index is -0.0282. The Morgan fingerprint density at radius 3 is 2.88 bits per heavy atom. The maximum atomic E-state index is 13.0. The molecule has 3 aromatic rings. The third-order valence-corrected chi connectivity index (χ3v) is 4.83. The van der Waals surface area contributed by atoms with E-state index in [2.05, 4.69) is 34.5 Å². The zero-order valence-corrected chi connectivity index (χ0v) is 13.5. The molecule has 1 N–H and O–H groups in total. The van der Waals surface area contributed by atoms with Gasteiger partial charge in [0.25, 0.3) is 5.91 Å². The van der Waals surface area contributed by atoms with Crippen LogP contribution in [0.1, 0.15) is 27.9 Å². The molecule has 122 valence electrons. The van der Waals surface area contributed by atoms with Gasteiger partial charge in [0.1, 0.15) is 5.69 Å². The summed E-state index contributed by atoms with van der Waals surface area (Å²) in [5, 5.41) is 6.90. The van der Waals surface area contributed by atoms with Crippen LogP contribution in [-0.2, 0) is 12.8 Å². The third kappa shape index (κ3) is 2.52. The van der Waals surface area contributed by atoms with E-state index in [9.17, 15) is 4.79 Å². The number of hydrogen-bond acceptors (Lipinski definition) is 3. The van der Waals surface area contributed by atoms with Crippen molar-refractivity contribution in [2.75, 3.05) is 7.05 Å². The fourth-order valence-electron chi connectivity index (χ4n) is 3.42. The number of carbonyl (C=O) groups excluding carboxylic acids is 1. The second kappa shape index (κ2) is 6.00. The standard InChI is InChI=1S/C19H19N3O2/c1-22(15-9-8-13-5-2-3-6-14(13)11-15)19(23)16-12-20-21-18(16)17-7-4-10-24-17/h2-7,10,12,15H,8-9,11H2,1H3,(H,20,21). The molecule has 24 heavy (non-hydrogen) atoms. The van der Waals surface area contributed by atoms with Crippen LogP contribution in [0.15, 0.2) is 53.3 Å². The summed E-state index contributed by atoms with van der Waals surface area (Å²) in [7, 11) is 1.87. The van der Waals surface area contributed by atoms with E-state index < -0.39 is 0 Å². The number of likely N-dealkylation sites (N-methyl/N-ethyl adjacent to an activating group) is 1. The largest absolute Gasteiger partial charge is 0.463 e. The zero-order chi connectivity index (χ0) is 16.5. The van der Waals surface area contributed by atoms with Crippen molar-refractivity contribution < 1.29 is 9.21 Å². The summed E-state index contributed by atoms with van der Waals surface area (Å²) in [4.78, 5) is 14.8. The highest BCUT2D eigenvalue weighted by Gasteiger charge is 2.28. The molecule has 0 saturated carbocycles. The van der Waals surface area contributed by atoms with Gasteiger partial charge in [-0.1, -0.05) is 24.3 Å². The van der Waals surface area contributed by atoms with Crippen molar-refractivity contribution in [1.29, 1.82) is 0 Å². The van der Waals surface area contributed by atoms with Gasteiger partial charge in [0, 0.05) is 13.1 Å². The number of nitrogens with zero attached hydrogens (tertiary/aromatic N) is 2. The molecule has 1 aliphatic rings. The lowest BCUT2D eigenvalue weighted by Gasteiger charge is -2.32. The quantitative estimate of drug-likeness (QED) is 0.805. The van der Waals surface area contributed by atoms with Gasteiger partial charge in [-0.05, 0) is 42.5 Å². The van der Waals surface area contributed by atoms with Gasteiger partial charge < -0.3 is 9.32 Å². The van der Waals surface area contributed by atoms with Gasteiger partial charge in [0.05, 0.1) is 18.0 Å². The maximum Gasteiger partial charge on any atom is 0.257 e. The number of nitrogens with one attached hydrogen (secondary N) is 1. The number of rotatable bonds is 3. The van der Waals surface area contributed by atoms with E-state index in [0.717, 1.165) is 19.3 Å². The first-order chi connectivity index (χ1) is 11.7. The molecule has 1 unspecified atom stereocenters. The fourth-order valence-corrected chi connectivity index (χ4v) is 3.42. The first kappa shape index (κ1) is 14.8. The van der Waals surface area contributed by atoms with Gasteiger partial charge in [-0.15, -0.1) is 0 Å². The lowest BCUT2D eigenvalue weighted by molar-refractivity contribution is 0.0719. The minimum Gasteiger partial charge on any atom is -0.463 e. The molecule has 2 aromatic heterocycles. The highest BCUT2D eigenvalue weighted by atomic mass is 16.3. The van der Waals surface area contributed by atoms with E-state index in [1.54, 1.807) is 18.5 Å². The Morgan fingerprint density at radius 1 is 1.25 bits per heavy atom. The first-order valence-electron chi connectivity index (χ1n) is 8.15. The molecule has 0 aliphatic heterocycles. The van der Waals surface area contributed by atoms with E-state index >= 15 is 0 Å². The van der Waals surface area contributed by atoms with E-state index in [1.807, 2.05) is 18.0 Å². The fraction of sp³-hybridized carbons (Fsp3) is 0.263. The number of furan rings is 1. The van der Waals surface area contributed by atoms with E-state index in [1.165, 1.54) is 11.1 Å². The number of amides is 1. The Morgan fingerprint density at radius 2 is 2.08 bits per heavy atom. The summed E-state index contributed by atoms with van der Waals surface area (Å²) >= 11 is 0. The Labute approximate surface area is 140 Å². The molecule has 5 heteroatoms. The number of benzene rings is 1. The van der Waals surface area contributed by atoms with Crippen LogP contribution in [0.25, 0.3) is 11.5 Å². The van der Waals surface area contributed by atoms with E-state index in [4.69, 9.17) is 4.42 Å². The average Bonchev–Trinajstić information content (AvgIpc) is 3.30. The van der Waals surface area contributed by atoms with Gasteiger partial charge in [0.2, 0.25) is 0 Å². The van der Waals surface area contributed by atoms with Crippen molar-refractivity contribution in [2.45, 2.75) is 25.3 Å². The number of aryl methyl sites for hydroxylation is 1. The Balaban J connectivity index is 1.57. The molecule has 0 radical (unpaired) electrons. The number of fused-ring (bicyclic) bond motifs is 1. The molecule has 0 fully saturated rings. The molecule has 1 amide bonds.